The molecule has 4 aromatic rings. The van der Waals surface area contributed by atoms with Crippen molar-refractivity contribution in [3.63, 3.8) is 0 Å². The highest BCUT2D eigenvalue weighted by Gasteiger charge is 2.19. The van der Waals surface area contributed by atoms with Crippen molar-refractivity contribution >= 4 is 44.3 Å². The number of nitrogens with one attached hydrogen (secondary N) is 1. The first-order chi connectivity index (χ1) is 16.2. The van der Waals surface area contributed by atoms with E-state index in [9.17, 15) is 18.0 Å². The zero-order valence-electron chi connectivity index (χ0n) is 18.2. The normalized spacial score (nSPS) is 12.4. The van der Waals surface area contributed by atoms with E-state index in [1.807, 2.05) is 43.3 Å². The van der Waals surface area contributed by atoms with Crippen molar-refractivity contribution in [1.29, 1.82) is 0 Å². The lowest BCUT2D eigenvalue weighted by atomic mass is 10.1. The lowest BCUT2D eigenvalue weighted by molar-refractivity contribution is -0.113. The van der Waals surface area contributed by atoms with Gasteiger partial charge in [0, 0.05) is 5.69 Å². The number of rotatable bonds is 7. The summed E-state index contributed by atoms with van der Waals surface area (Å²) in [5.41, 5.74) is 1.76. The summed E-state index contributed by atoms with van der Waals surface area (Å²) in [6.45, 7) is 1.92. The van der Waals surface area contributed by atoms with Crippen LogP contribution in [0.25, 0.3) is 10.9 Å². The van der Waals surface area contributed by atoms with Gasteiger partial charge in [-0.15, -0.1) is 0 Å². The van der Waals surface area contributed by atoms with E-state index < -0.39 is 10.0 Å². The fourth-order valence-corrected chi connectivity index (χ4v) is 4.90. The Labute approximate surface area is 200 Å². The van der Waals surface area contributed by atoms with Crippen molar-refractivity contribution in [2.45, 2.75) is 23.0 Å². The molecule has 0 saturated carbocycles. The van der Waals surface area contributed by atoms with Gasteiger partial charge in [-0.3, -0.25) is 14.2 Å². The molecule has 3 N–H and O–H groups in total. The van der Waals surface area contributed by atoms with E-state index >= 15 is 0 Å². The van der Waals surface area contributed by atoms with E-state index in [1.165, 1.54) is 24.3 Å². The van der Waals surface area contributed by atoms with Gasteiger partial charge >= 0.3 is 0 Å². The zero-order valence-corrected chi connectivity index (χ0v) is 19.8. The zero-order chi connectivity index (χ0) is 24.3. The van der Waals surface area contributed by atoms with E-state index in [2.05, 4.69) is 10.3 Å². The summed E-state index contributed by atoms with van der Waals surface area (Å²) in [6, 6.07) is 22.0. The molecule has 1 heterocycles. The molecule has 0 radical (unpaired) electrons. The number of hydrogen-bond donors (Lipinski definition) is 2. The van der Waals surface area contributed by atoms with Crippen LogP contribution in [0.15, 0.2) is 93.7 Å². The number of nitrogens with two attached hydrogens (primary N) is 1. The molecule has 0 aliphatic carbocycles. The Morgan fingerprint density at radius 3 is 2.35 bits per heavy atom. The molecule has 0 saturated heterocycles. The Bertz CT molecular complexity index is 1500. The predicted molar refractivity (Wildman–Crippen MR) is 133 cm³/mol. The van der Waals surface area contributed by atoms with Gasteiger partial charge in [0.15, 0.2) is 5.16 Å². The van der Waals surface area contributed by atoms with Crippen molar-refractivity contribution in [2.75, 3.05) is 11.1 Å². The quantitative estimate of drug-likeness (QED) is 0.300. The van der Waals surface area contributed by atoms with Crippen LogP contribution in [0.2, 0.25) is 0 Å². The average molecular weight is 495 g/mol. The number of fused-ring (bicyclic) bond motifs is 1. The van der Waals surface area contributed by atoms with Crippen LogP contribution in [0.1, 0.15) is 18.5 Å². The molecule has 1 aromatic heterocycles. The Morgan fingerprint density at radius 1 is 1.03 bits per heavy atom. The molecular formula is C24H22N4O4S2. The Morgan fingerprint density at radius 2 is 1.68 bits per heavy atom. The minimum atomic E-state index is -3.81. The van der Waals surface area contributed by atoms with Crippen LogP contribution in [0, 0.1) is 0 Å². The summed E-state index contributed by atoms with van der Waals surface area (Å²) in [5.74, 6) is -0.321. The molecule has 174 valence electrons. The van der Waals surface area contributed by atoms with Crippen LogP contribution in [0.5, 0.6) is 0 Å². The highest BCUT2D eigenvalue weighted by atomic mass is 32.2. The van der Waals surface area contributed by atoms with Gasteiger partial charge in [0.05, 0.1) is 27.6 Å². The average Bonchev–Trinajstić information content (AvgIpc) is 2.83. The molecule has 34 heavy (non-hydrogen) atoms. The van der Waals surface area contributed by atoms with Crippen LogP contribution in [0.4, 0.5) is 5.69 Å². The third-order valence-corrected chi connectivity index (χ3v) is 7.13. The second-order valence-corrected chi connectivity index (χ2v) is 10.1. The fourth-order valence-electron chi connectivity index (χ4n) is 3.50. The van der Waals surface area contributed by atoms with Crippen molar-refractivity contribution in [3.05, 3.63) is 94.8 Å². The number of sulfonamides is 1. The minimum Gasteiger partial charge on any atom is -0.325 e. The number of thioether (sulfide) groups is 1. The summed E-state index contributed by atoms with van der Waals surface area (Å²) in [7, 11) is -3.81. The third-order valence-electron chi connectivity index (χ3n) is 5.24. The number of amides is 1. The SMILES string of the molecule is C[C@H](c1ccccc1)n1c(SCC(=O)Nc2ccc(S(N)(=O)=O)cc2)nc2ccccc2c1=O. The minimum absolute atomic E-state index is 0.00320. The molecule has 3 aromatic carbocycles. The first kappa shape index (κ1) is 23.7. The largest absolute Gasteiger partial charge is 0.325 e. The van der Waals surface area contributed by atoms with Gasteiger partial charge in [-0.05, 0) is 48.9 Å². The molecule has 0 fully saturated rings. The van der Waals surface area contributed by atoms with E-state index in [-0.39, 0.29) is 28.2 Å². The first-order valence-electron chi connectivity index (χ1n) is 10.4. The monoisotopic (exact) mass is 494 g/mol. The number of benzene rings is 3. The number of primary sulfonamides is 1. The molecule has 1 atom stereocenters. The maximum Gasteiger partial charge on any atom is 0.262 e. The summed E-state index contributed by atoms with van der Waals surface area (Å²) < 4.78 is 24.4. The van der Waals surface area contributed by atoms with Crippen molar-refractivity contribution in [3.8, 4) is 0 Å². The van der Waals surface area contributed by atoms with Crippen molar-refractivity contribution in [2.24, 2.45) is 5.14 Å². The molecule has 0 spiro atoms. The molecule has 10 heteroatoms. The molecule has 1 amide bonds. The van der Waals surface area contributed by atoms with Gasteiger partial charge in [0.2, 0.25) is 15.9 Å². The highest BCUT2D eigenvalue weighted by Crippen LogP contribution is 2.25. The second-order valence-electron chi connectivity index (χ2n) is 7.58. The number of hydrogen-bond acceptors (Lipinski definition) is 6. The van der Waals surface area contributed by atoms with Crippen LogP contribution in [-0.4, -0.2) is 29.6 Å². The lowest BCUT2D eigenvalue weighted by Crippen LogP contribution is -2.27. The van der Waals surface area contributed by atoms with Crippen LogP contribution >= 0.6 is 11.8 Å². The molecule has 8 nitrogen and oxygen atoms in total. The molecular weight excluding hydrogens is 472 g/mol. The molecule has 4 rings (SSSR count). The third kappa shape index (κ3) is 5.19. The van der Waals surface area contributed by atoms with Gasteiger partial charge in [-0.2, -0.15) is 0 Å². The number of carbonyl (C=O) groups excluding carboxylic acids is 1. The highest BCUT2D eigenvalue weighted by molar-refractivity contribution is 7.99. The van der Waals surface area contributed by atoms with Gasteiger partial charge in [0.25, 0.3) is 5.56 Å². The van der Waals surface area contributed by atoms with Gasteiger partial charge in [0.1, 0.15) is 0 Å². The molecule has 0 unspecified atom stereocenters. The van der Waals surface area contributed by atoms with Gasteiger partial charge in [-0.25, -0.2) is 18.5 Å². The maximum absolute atomic E-state index is 13.4. The molecule has 0 aliphatic heterocycles. The Hall–Kier alpha value is -3.47. The van der Waals surface area contributed by atoms with Crippen LogP contribution in [0.3, 0.4) is 0 Å². The lowest BCUT2D eigenvalue weighted by Gasteiger charge is -2.20. The first-order valence-corrected chi connectivity index (χ1v) is 12.9. The van der Waals surface area contributed by atoms with Crippen molar-refractivity contribution < 1.29 is 13.2 Å². The smallest absolute Gasteiger partial charge is 0.262 e. The summed E-state index contributed by atoms with van der Waals surface area (Å²) >= 11 is 1.16. The Balaban J connectivity index is 1.59. The summed E-state index contributed by atoms with van der Waals surface area (Å²) in [6.07, 6.45) is 0. The number of para-hydroxylation sites is 1. The van der Waals surface area contributed by atoms with E-state index in [0.717, 1.165) is 17.3 Å². The number of aromatic nitrogens is 2. The van der Waals surface area contributed by atoms with Gasteiger partial charge in [-0.1, -0.05) is 54.2 Å². The van der Waals surface area contributed by atoms with E-state index in [4.69, 9.17) is 5.14 Å². The Kier molecular flexibility index (Phi) is 6.82. The topological polar surface area (TPSA) is 124 Å². The second kappa shape index (κ2) is 9.80. The van der Waals surface area contributed by atoms with E-state index in [0.29, 0.717) is 21.7 Å². The number of anilines is 1. The van der Waals surface area contributed by atoms with Crippen LogP contribution < -0.4 is 16.0 Å². The van der Waals surface area contributed by atoms with Crippen LogP contribution in [-0.2, 0) is 14.8 Å². The number of nitrogens with zero attached hydrogens (tertiary/aromatic N) is 2. The van der Waals surface area contributed by atoms with E-state index in [1.54, 1.807) is 22.8 Å². The van der Waals surface area contributed by atoms with Crippen molar-refractivity contribution in [1.82, 2.24) is 9.55 Å². The predicted octanol–water partition coefficient (Wildman–Crippen LogP) is 3.38. The maximum atomic E-state index is 13.4. The summed E-state index contributed by atoms with van der Waals surface area (Å²) in [5, 5.41) is 8.75. The number of carbonyl (C=O) groups is 1. The summed E-state index contributed by atoms with van der Waals surface area (Å²) in [4.78, 5) is 30.6. The molecule has 0 bridgehead atoms. The molecule has 0 aliphatic rings. The fraction of sp³-hybridized carbons (Fsp3) is 0.125. The standard InChI is InChI=1S/C24H22N4O4S2/c1-16(17-7-3-2-4-8-17)28-23(30)20-9-5-6-10-21(20)27-24(28)33-15-22(29)26-18-11-13-19(14-12-18)34(25,31)32/h2-14,16H,15H2,1H3,(H,26,29)(H2,25,31,32)/t16-/m1/s1. The van der Waals surface area contributed by atoms with Gasteiger partial charge < -0.3 is 5.32 Å².